The fraction of sp³-hybridized carbons (Fsp3) is 0.409. The van der Waals surface area contributed by atoms with Crippen molar-refractivity contribution >= 4 is 17.5 Å². The minimum atomic E-state index is -0.0764. The summed E-state index contributed by atoms with van der Waals surface area (Å²) in [5.41, 5.74) is 1.73. The van der Waals surface area contributed by atoms with Crippen LogP contribution in [0.5, 0.6) is 11.5 Å². The first-order valence-electron chi connectivity index (χ1n) is 10.1. The number of hydrogen-bond acceptors (Lipinski definition) is 5. The van der Waals surface area contributed by atoms with Crippen LogP contribution in [-0.2, 0) is 16.1 Å². The Morgan fingerprint density at radius 2 is 1.55 bits per heavy atom. The molecule has 0 unspecified atom stereocenters. The van der Waals surface area contributed by atoms with Gasteiger partial charge < -0.3 is 20.1 Å². The van der Waals surface area contributed by atoms with Gasteiger partial charge >= 0.3 is 0 Å². The number of carbonyl (C=O) groups excluding carboxylic acids is 2. The second-order valence-electron chi connectivity index (χ2n) is 7.47. The largest absolute Gasteiger partial charge is 0.486 e. The standard InChI is InChI=1S/C22H25N3O4/c26-21(24-14-15-7-9-23-10-8-15)16-1-3-17(4-2-16)22(27)25-18-5-6-19-20(13-18)29-12-11-28-19/h5-10,13,16-17H,1-4,11-12,14H2,(H,24,26)(H,25,27). The molecule has 7 heteroatoms. The Labute approximate surface area is 169 Å². The van der Waals surface area contributed by atoms with Crippen LogP contribution in [0, 0.1) is 11.8 Å². The molecule has 2 aliphatic rings. The number of aromatic nitrogens is 1. The van der Waals surface area contributed by atoms with Crippen LogP contribution in [0.25, 0.3) is 0 Å². The molecule has 2 heterocycles. The number of amides is 2. The Kier molecular flexibility index (Phi) is 5.93. The van der Waals surface area contributed by atoms with Gasteiger partial charge in [-0.2, -0.15) is 0 Å². The predicted molar refractivity (Wildman–Crippen MR) is 108 cm³/mol. The number of hydrogen-bond donors (Lipinski definition) is 2. The molecule has 0 bridgehead atoms. The summed E-state index contributed by atoms with van der Waals surface area (Å²) >= 11 is 0. The lowest BCUT2D eigenvalue weighted by atomic mass is 9.81. The molecule has 1 saturated carbocycles. The zero-order valence-corrected chi connectivity index (χ0v) is 16.2. The van der Waals surface area contributed by atoms with E-state index < -0.39 is 0 Å². The smallest absolute Gasteiger partial charge is 0.227 e. The molecule has 1 aromatic heterocycles. The van der Waals surface area contributed by atoms with E-state index in [9.17, 15) is 9.59 Å². The topological polar surface area (TPSA) is 89.6 Å². The van der Waals surface area contributed by atoms with Crippen molar-refractivity contribution in [2.75, 3.05) is 18.5 Å². The van der Waals surface area contributed by atoms with Crippen LogP contribution >= 0.6 is 0 Å². The number of rotatable bonds is 5. The van der Waals surface area contributed by atoms with Crippen LogP contribution < -0.4 is 20.1 Å². The SMILES string of the molecule is O=C(NCc1ccncc1)C1CCC(C(=O)Nc2ccc3c(c2)OCCO3)CC1. The third-order valence-corrected chi connectivity index (χ3v) is 5.49. The molecule has 1 aromatic carbocycles. The van der Waals surface area contributed by atoms with Gasteiger partial charge in [-0.1, -0.05) is 0 Å². The second-order valence-corrected chi connectivity index (χ2v) is 7.47. The highest BCUT2D eigenvalue weighted by Gasteiger charge is 2.30. The van der Waals surface area contributed by atoms with Gasteiger partial charge in [0.15, 0.2) is 11.5 Å². The molecule has 1 aliphatic carbocycles. The van der Waals surface area contributed by atoms with E-state index in [1.807, 2.05) is 24.3 Å². The Morgan fingerprint density at radius 3 is 2.28 bits per heavy atom. The van der Waals surface area contributed by atoms with Gasteiger partial charge in [0.25, 0.3) is 0 Å². The molecule has 2 N–H and O–H groups in total. The van der Waals surface area contributed by atoms with Crippen molar-refractivity contribution in [2.45, 2.75) is 32.2 Å². The number of benzene rings is 1. The Balaban J connectivity index is 1.24. The highest BCUT2D eigenvalue weighted by molar-refractivity contribution is 5.93. The van der Waals surface area contributed by atoms with Gasteiger partial charge in [0.2, 0.25) is 11.8 Å². The molecule has 152 valence electrons. The van der Waals surface area contributed by atoms with E-state index in [-0.39, 0.29) is 23.7 Å². The number of carbonyl (C=O) groups is 2. The lowest BCUT2D eigenvalue weighted by molar-refractivity contribution is -0.128. The minimum Gasteiger partial charge on any atom is -0.486 e. The molecule has 1 aliphatic heterocycles. The fourth-order valence-electron chi connectivity index (χ4n) is 3.82. The van der Waals surface area contributed by atoms with E-state index in [1.165, 1.54) is 0 Å². The fourth-order valence-corrected chi connectivity index (χ4v) is 3.82. The summed E-state index contributed by atoms with van der Waals surface area (Å²) in [5.74, 6) is 1.31. The number of anilines is 1. The third kappa shape index (κ3) is 4.85. The maximum atomic E-state index is 12.6. The van der Waals surface area contributed by atoms with E-state index in [2.05, 4.69) is 15.6 Å². The minimum absolute atomic E-state index is 0.00248. The van der Waals surface area contributed by atoms with Crippen LogP contribution in [0.3, 0.4) is 0 Å². The average molecular weight is 395 g/mol. The molecular weight excluding hydrogens is 370 g/mol. The van der Waals surface area contributed by atoms with E-state index in [4.69, 9.17) is 9.47 Å². The molecule has 0 atom stereocenters. The molecule has 0 spiro atoms. The maximum absolute atomic E-state index is 12.6. The van der Waals surface area contributed by atoms with Crippen molar-refractivity contribution in [3.8, 4) is 11.5 Å². The number of ether oxygens (including phenoxy) is 2. The van der Waals surface area contributed by atoms with Gasteiger partial charge in [-0.15, -0.1) is 0 Å². The van der Waals surface area contributed by atoms with Gasteiger partial charge in [-0.25, -0.2) is 0 Å². The lowest BCUT2D eigenvalue weighted by Crippen LogP contribution is -2.35. The van der Waals surface area contributed by atoms with E-state index >= 15 is 0 Å². The van der Waals surface area contributed by atoms with Gasteiger partial charge in [-0.05, 0) is 55.5 Å². The first-order valence-corrected chi connectivity index (χ1v) is 10.1. The number of nitrogens with zero attached hydrogens (tertiary/aromatic N) is 1. The molecule has 1 fully saturated rings. The number of pyridine rings is 1. The van der Waals surface area contributed by atoms with Crippen LogP contribution in [0.2, 0.25) is 0 Å². The zero-order chi connectivity index (χ0) is 20.1. The van der Waals surface area contributed by atoms with Gasteiger partial charge in [-0.3, -0.25) is 14.6 Å². The maximum Gasteiger partial charge on any atom is 0.227 e. The van der Waals surface area contributed by atoms with Gasteiger partial charge in [0.05, 0.1) is 0 Å². The molecule has 7 nitrogen and oxygen atoms in total. The molecule has 0 saturated heterocycles. The molecule has 29 heavy (non-hydrogen) atoms. The van der Waals surface area contributed by atoms with Crippen molar-refractivity contribution < 1.29 is 19.1 Å². The number of fused-ring (bicyclic) bond motifs is 1. The quantitative estimate of drug-likeness (QED) is 0.813. The zero-order valence-electron chi connectivity index (χ0n) is 16.2. The normalized spacial score (nSPS) is 20.6. The van der Waals surface area contributed by atoms with Gasteiger partial charge in [0, 0.05) is 42.5 Å². The summed E-state index contributed by atoms with van der Waals surface area (Å²) < 4.78 is 11.1. The van der Waals surface area contributed by atoms with Crippen molar-refractivity contribution in [1.82, 2.24) is 10.3 Å². The van der Waals surface area contributed by atoms with Crippen LogP contribution in [0.15, 0.2) is 42.7 Å². The summed E-state index contributed by atoms with van der Waals surface area (Å²) in [5, 5.41) is 5.96. The van der Waals surface area contributed by atoms with E-state index in [0.717, 1.165) is 18.4 Å². The monoisotopic (exact) mass is 395 g/mol. The Bertz CT molecular complexity index is 864. The Morgan fingerprint density at radius 1 is 0.897 bits per heavy atom. The van der Waals surface area contributed by atoms with Crippen molar-refractivity contribution in [3.63, 3.8) is 0 Å². The van der Waals surface area contributed by atoms with Crippen molar-refractivity contribution in [1.29, 1.82) is 0 Å². The molecule has 2 aromatic rings. The summed E-state index contributed by atoms with van der Waals surface area (Å²) in [4.78, 5) is 29.0. The highest BCUT2D eigenvalue weighted by Crippen LogP contribution is 2.34. The van der Waals surface area contributed by atoms with Crippen LogP contribution in [-0.4, -0.2) is 30.0 Å². The van der Waals surface area contributed by atoms with Crippen LogP contribution in [0.4, 0.5) is 5.69 Å². The summed E-state index contributed by atoms with van der Waals surface area (Å²) in [6.07, 6.45) is 6.30. The summed E-state index contributed by atoms with van der Waals surface area (Å²) in [6.45, 7) is 1.56. The summed E-state index contributed by atoms with van der Waals surface area (Å²) in [7, 11) is 0. The van der Waals surface area contributed by atoms with Crippen molar-refractivity contribution in [3.05, 3.63) is 48.3 Å². The van der Waals surface area contributed by atoms with Crippen LogP contribution in [0.1, 0.15) is 31.2 Å². The first-order chi connectivity index (χ1) is 14.2. The Hall–Kier alpha value is -3.09. The molecule has 4 rings (SSSR count). The molecule has 2 amide bonds. The third-order valence-electron chi connectivity index (χ3n) is 5.49. The van der Waals surface area contributed by atoms with E-state index in [0.29, 0.717) is 49.8 Å². The van der Waals surface area contributed by atoms with E-state index in [1.54, 1.807) is 18.5 Å². The van der Waals surface area contributed by atoms with Gasteiger partial charge in [0.1, 0.15) is 13.2 Å². The first kappa shape index (κ1) is 19.2. The highest BCUT2D eigenvalue weighted by atomic mass is 16.6. The average Bonchev–Trinajstić information content (AvgIpc) is 2.78. The number of nitrogens with one attached hydrogen (secondary N) is 2. The molecule has 0 radical (unpaired) electrons. The lowest BCUT2D eigenvalue weighted by Gasteiger charge is -2.27. The predicted octanol–water partition coefficient (Wildman–Crippen LogP) is 2.91. The van der Waals surface area contributed by atoms with Crippen molar-refractivity contribution in [2.24, 2.45) is 11.8 Å². The second kappa shape index (κ2) is 8.94. The molecular formula is C22H25N3O4. The summed E-state index contributed by atoms with van der Waals surface area (Å²) in [6, 6.07) is 9.21.